The summed E-state index contributed by atoms with van der Waals surface area (Å²) < 4.78 is 10.2. The van der Waals surface area contributed by atoms with Crippen molar-refractivity contribution in [2.45, 2.75) is 57.7 Å². The quantitative estimate of drug-likeness (QED) is 0.714. The molecule has 2 aromatic carbocycles. The third-order valence-corrected chi connectivity index (χ3v) is 5.39. The number of rotatable bonds is 4. The molecule has 170 valence electrons. The lowest BCUT2D eigenvalue weighted by molar-refractivity contribution is -0.145. The van der Waals surface area contributed by atoms with Gasteiger partial charge in [-0.2, -0.15) is 0 Å². The normalized spacial score (nSPS) is 15.3. The molecule has 0 spiro atoms. The van der Waals surface area contributed by atoms with E-state index in [2.05, 4.69) is 10.6 Å². The summed E-state index contributed by atoms with van der Waals surface area (Å²) in [6.45, 7) is 6.83. The van der Waals surface area contributed by atoms with E-state index in [4.69, 9.17) is 9.47 Å². The smallest absolute Gasteiger partial charge is 0.408 e. The third-order valence-electron chi connectivity index (χ3n) is 5.39. The zero-order chi connectivity index (χ0) is 23.5. The largest absolute Gasteiger partial charge is 0.467 e. The van der Waals surface area contributed by atoms with E-state index in [9.17, 15) is 14.4 Å². The summed E-state index contributed by atoms with van der Waals surface area (Å²) in [4.78, 5) is 38.4. The van der Waals surface area contributed by atoms with Gasteiger partial charge in [0.15, 0.2) is 0 Å². The molecule has 2 aromatic rings. The number of benzene rings is 2. The molecule has 2 N–H and O–H groups in total. The monoisotopic (exact) mass is 438 g/mol. The second-order valence-electron chi connectivity index (χ2n) is 9.10. The Balaban J connectivity index is 2.09. The van der Waals surface area contributed by atoms with Crippen LogP contribution in [0.1, 0.15) is 38.8 Å². The SMILES string of the molecule is COC(=O)[C@@H](C)NC(=O)C1(NC(=O)OC(C)(C)C)Cc2ccccc2-c2ccccc2C1. The van der Waals surface area contributed by atoms with Gasteiger partial charge in [0.05, 0.1) is 7.11 Å². The van der Waals surface area contributed by atoms with Crippen molar-refractivity contribution in [3.63, 3.8) is 0 Å². The highest BCUT2D eigenvalue weighted by Gasteiger charge is 2.44. The topological polar surface area (TPSA) is 93.7 Å². The summed E-state index contributed by atoms with van der Waals surface area (Å²) in [5, 5.41) is 5.56. The van der Waals surface area contributed by atoms with Crippen molar-refractivity contribution in [3.8, 4) is 11.1 Å². The van der Waals surface area contributed by atoms with Gasteiger partial charge in [0.1, 0.15) is 17.2 Å². The maximum absolute atomic E-state index is 13.6. The van der Waals surface area contributed by atoms with Gasteiger partial charge in [-0.3, -0.25) is 4.79 Å². The van der Waals surface area contributed by atoms with Crippen LogP contribution in [0.5, 0.6) is 0 Å². The van der Waals surface area contributed by atoms with Crippen LogP contribution in [0.2, 0.25) is 0 Å². The molecule has 3 rings (SSSR count). The van der Waals surface area contributed by atoms with Gasteiger partial charge in [-0.25, -0.2) is 9.59 Å². The molecule has 0 aliphatic heterocycles. The Morgan fingerprint density at radius 2 is 1.44 bits per heavy atom. The molecule has 0 heterocycles. The van der Waals surface area contributed by atoms with Crippen molar-refractivity contribution in [2.75, 3.05) is 7.11 Å². The molecule has 0 radical (unpaired) electrons. The van der Waals surface area contributed by atoms with Crippen molar-refractivity contribution in [3.05, 3.63) is 59.7 Å². The van der Waals surface area contributed by atoms with E-state index in [0.717, 1.165) is 22.3 Å². The van der Waals surface area contributed by atoms with Gasteiger partial charge in [-0.15, -0.1) is 0 Å². The third kappa shape index (κ3) is 5.10. The second-order valence-corrected chi connectivity index (χ2v) is 9.10. The van der Waals surface area contributed by atoms with E-state index >= 15 is 0 Å². The van der Waals surface area contributed by atoms with Crippen LogP contribution in [-0.4, -0.2) is 42.3 Å². The predicted molar refractivity (Wildman–Crippen MR) is 121 cm³/mol. The lowest BCUT2D eigenvalue weighted by Crippen LogP contribution is -2.63. The van der Waals surface area contributed by atoms with E-state index in [-0.39, 0.29) is 12.8 Å². The first-order valence-corrected chi connectivity index (χ1v) is 10.6. The number of methoxy groups -OCH3 is 1. The number of hydrogen-bond donors (Lipinski definition) is 2. The van der Waals surface area contributed by atoms with Gasteiger partial charge in [0.2, 0.25) is 5.91 Å². The van der Waals surface area contributed by atoms with Gasteiger partial charge in [0, 0.05) is 12.8 Å². The van der Waals surface area contributed by atoms with Crippen molar-refractivity contribution in [1.82, 2.24) is 10.6 Å². The van der Waals surface area contributed by atoms with E-state index in [1.54, 1.807) is 27.7 Å². The summed E-state index contributed by atoms with van der Waals surface area (Å²) in [5.41, 5.74) is 1.73. The Labute approximate surface area is 188 Å². The number of carbonyl (C=O) groups excluding carboxylic acids is 3. The van der Waals surface area contributed by atoms with Crippen LogP contribution in [0.25, 0.3) is 11.1 Å². The number of carbonyl (C=O) groups is 3. The molecule has 1 aliphatic rings. The Kier molecular flexibility index (Phi) is 6.57. The minimum atomic E-state index is -1.37. The number of amides is 2. The highest BCUT2D eigenvalue weighted by atomic mass is 16.6. The lowest BCUT2D eigenvalue weighted by atomic mass is 9.85. The summed E-state index contributed by atoms with van der Waals surface area (Å²) >= 11 is 0. The van der Waals surface area contributed by atoms with Crippen molar-refractivity contribution >= 4 is 18.0 Å². The molecular weight excluding hydrogens is 408 g/mol. The average Bonchev–Trinajstić information content (AvgIpc) is 2.86. The number of alkyl carbamates (subject to hydrolysis) is 1. The van der Waals surface area contributed by atoms with E-state index < -0.39 is 35.2 Å². The Morgan fingerprint density at radius 1 is 0.938 bits per heavy atom. The van der Waals surface area contributed by atoms with Gasteiger partial charge in [-0.1, -0.05) is 48.5 Å². The second kappa shape index (κ2) is 9.02. The Bertz CT molecular complexity index is 977. The molecule has 0 saturated heterocycles. The molecular formula is C25H30N2O5. The minimum Gasteiger partial charge on any atom is -0.467 e. The molecule has 0 aromatic heterocycles. The highest BCUT2D eigenvalue weighted by molar-refractivity contribution is 5.94. The predicted octanol–water partition coefficient (Wildman–Crippen LogP) is 3.39. The van der Waals surface area contributed by atoms with E-state index in [0.29, 0.717) is 0 Å². The minimum absolute atomic E-state index is 0.233. The first-order chi connectivity index (χ1) is 15.0. The highest BCUT2D eigenvalue weighted by Crippen LogP contribution is 2.36. The fourth-order valence-corrected chi connectivity index (χ4v) is 3.96. The molecule has 0 fully saturated rings. The van der Waals surface area contributed by atoms with Crippen LogP contribution in [0, 0.1) is 0 Å². The summed E-state index contributed by atoms with van der Waals surface area (Å²) in [7, 11) is 1.26. The molecule has 0 unspecified atom stereocenters. The Morgan fingerprint density at radius 3 is 1.91 bits per heavy atom. The molecule has 1 atom stereocenters. The summed E-state index contributed by atoms with van der Waals surface area (Å²) in [6, 6.07) is 14.7. The first kappa shape index (κ1) is 23.3. The van der Waals surface area contributed by atoms with Crippen molar-refractivity contribution in [1.29, 1.82) is 0 Å². The van der Waals surface area contributed by atoms with Crippen molar-refractivity contribution < 1.29 is 23.9 Å². The van der Waals surface area contributed by atoms with Gasteiger partial charge in [0.25, 0.3) is 0 Å². The van der Waals surface area contributed by atoms with E-state index in [1.807, 2.05) is 48.5 Å². The number of esters is 1. The molecule has 0 bridgehead atoms. The first-order valence-electron chi connectivity index (χ1n) is 10.6. The van der Waals surface area contributed by atoms with Crippen LogP contribution in [0.15, 0.2) is 48.5 Å². The molecule has 32 heavy (non-hydrogen) atoms. The van der Waals surface area contributed by atoms with Gasteiger partial charge >= 0.3 is 12.1 Å². The average molecular weight is 439 g/mol. The summed E-state index contributed by atoms with van der Waals surface area (Å²) in [6.07, 6.45) is -0.233. The number of hydrogen-bond acceptors (Lipinski definition) is 5. The summed E-state index contributed by atoms with van der Waals surface area (Å²) in [5.74, 6) is -1.05. The fourth-order valence-electron chi connectivity index (χ4n) is 3.96. The van der Waals surface area contributed by atoms with Crippen LogP contribution in [0.4, 0.5) is 4.79 Å². The van der Waals surface area contributed by atoms with E-state index in [1.165, 1.54) is 7.11 Å². The lowest BCUT2D eigenvalue weighted by Gasteiger charge is -2.34. The van der Waals surface area contributed by atoms with Crippen molar-refractivity contribution in [2.24, 2.45) is 0 Å². The van der Waals surface area contributed by atoms with Gasteiger partial charge in [-0.05, 0) is 49.9 Å². The van der Waals surface area contributed by atoms with Crippen LogP contribution >= 0.6 is 0 Å². The number of ether oxygens (including phenoxy) is 2. The van der Waals surface area contributed by atoms with Crippen LogP contribution < -0.4 is 10.6 Å². The molecule has 7 nitrogen and oxygen atoms in total. The van der Waals surface area contributed by atoms with Crippen LogP contribution in [-0.2, 0) is 31.9 Å². The van der Waals surface area contributed by atoms with Gasteiger partial charge < -0.3 is 20.1 Å². The van der Waals surface area contributed by atoms with Crippen LogP contribution in [0.3, 0.4) is 0 Å². The zero-order valence-electron chi connectivity index (χ0n) is 19.2. The maximum atomic E-state index is 13.6. The molecule has 2 amide bonds. The zero-order valence-corrected chi connectivity index (χ0v) is 19.2. The molecule has 1 aliphatic carbocycles. The molecule has 0 saturated carbocycles. The number of fused-ring (bicyclic) bond motifs is 3. The fraction of sp³-hybridized carbons (Fsp3) is 0.400. The maximum Gasteiger partial charge on any atom is 0.408 e. The standard InChI is InChI=1S/C25H30N2O5/c1-16(21(28)31-5)26-22(29)25(27-23(30)32-24(2,3)4)14-17-10-6-8-12-19(17)20-13-9-7-11-18(20)15-25/h6-13,16H,14-15H2,1-5H3,(H,26,29)(H,27,30)/t16-/m1/s1. The number of nitrogens with one attached hydrogen (secondary N) is 2. The molecule has 7 heteroatoms. The Hall–Kier alpha value is -3.35.